The Morgan fingerprint density at radius 1 is 1.31 bits per heavy atom. The van der Waals surface area contributed by atoms with E-state index in [4.69, 9.17) is 0 Å². The van der Waals surface area contributed by atoms with E-state index in [0.29, 0.717) is 0 Å². The van der Waals surface area contributed by atoms with Crippen LogP contribution in [0.4, 0.5) is 0 Å². The zero-order chi connectivity index (χ0) is 9.94. The molecule has 0 radical (unpaired) electrons. The van der Waals surface area contributed by atoms with Gasteiger partial charge < -0.3 is 10.7 Å². The fourth-order valence-electron chi connectivity index (χ4n) is 0.895. The van der Waals surface area contributed by atoms with Crippen molar-refractivity contribution in [3.05, 3.63) is 24.4 Å². The third-order valence-corrected chi connectivity index (χ3v) is 1.42. The van der Waals surface area contributed by atoms with Crippen molar-refractivity contribution in [2.24, 2.45) is 5.10 Å². The van der Waals surface area contributed by atoms with Crippen molar-refractivity contribution in [2.45, 2.75) is 19.8 Å². The van der Waals surface area contributed by atoms with Gasteiger partial charge in [0, 0.05) is 14.1 Å². The summed E-state index contributed by atoms with van der Waals surface area (Å²) in [5.74, 6) is 0. The summed E-state index contributed by atoms with van der Waals surface area (Å²) < 4.78 is 0. The maximum Gasteiger partial charge on any atom is 0.0602 e. The van der Waals surface area contributed by atoms with Crippen LogP contribution in [-0.2, 0) is 0 Å². The lowest BCUT2D eigenvalue weighted by atomic mass is 10.2. The first-order valence-corrected chi connectivity index (χ1v) is 4.59. The Bertz CT molecular complexity index is 192. The van der Waals surface area contributed by atoms with Gasteiger partial charge in [-0.3, -0.25) is 0 Å². The number of hydrogen-bond acceptors (Lipinski definition) is 3. The van der Waals surface area contributed by atoms with Gasteiger partial charge in [0.1, 0.15) is 0 Å². The van der Waals surface area contributed by atoms with E-state index >= 15 is 0 Å². The molecule has 0 aliphatic carbocycles. The van der Waals surface area contributed by atoms with Crippen LogP contribution in [0.5, 0.6) is 0 Å². The Hall–Kier alpha value is -1.25. The maximum atomic E-state index is 4.14. The van der Waals surface area contributed by atoms with E-state index in [9.17, 15) is 0 Å². The van der Waals surface area contributed by atoms with Crippen LogP contribution in [0.15, 0.2) is 29.5 Å². The number of nitrogens with one attached hydrogen (secondary N) is 2. The van der Waals surface area contributed by atoms with Crippen LogP contribution < -0.4 is 10.7 Å². The molecule has 0 aromatic heterocycles. The van der Waals surface area contributed by atoms with Crippen molar-refractivity contribution >= 4 is 5.71 Å². The number of hydrazone groups is 1. The molecular weight excluding hydrogens is 162 g/mol. The molecular formula is C10H19N3. The summed E-state index contributed by atoms with van der Waals surface area (Å²) in [7, 11) is 3.69. The smallest absolute Gasteiger partial charge is 0.0602 e. The van der Waals surface area contributed by atoms with Crippen LogP contribution in [0.3, 0.4) is 0 Å². The number of nitrogens with zero attached hydrogens (tertiary/aromatic N) is 1. The lowest BCUT2D eigenvalue weighted by Crippen LogP contribution is -2.02. The molecule has 3 nitrogen and oxygen atoms in total. The summed E-state index contributed by atoms with van der Waals surface area (Å²) in [5.41, 5.74) is 3.87. The molecule has 0 saturated heterocycles. The van der Waals surface area contributed by atoms with E-state index in [-0.39, 0.29) is 0 Å². The van der Waals surface area contributed by atoms with Gasteiger partial charge in [-0.1, -0.05) is 19.4 Å². The van der Waals surface area contributed by atoms with E-state index in [1.165, 1.54) is 0 Å². The fourth-order valence-corrected chi connectivity index (χ4v) is 0.895. The van der Waals surface area contributed by atoms with Gasteiger partial charge in [0.25, 0.3) is 0 Å². The van der Waals surface area contributed by atoms with Gasteiger partial charge in [0.05, 0.1) is 5.71 Å². The SMILES string of the molecule is CCCC(/C=C\C=C/NC)=N\NC. The molecule has 3 heteroatoms. The Balaban J connectivity index is 4.01. The molecule has 0 heterocycles. The second kappa shape index (κ2) is 8.84. The minimum absolute atomic E-state index is 1.00. The van der Waals surface area contributed by atoms with Crippen molar-refractivity contribution < 1.29 is 0 Å². The predicted octanol–water partition coefficient (Wildman–Crippen LogP) is 1.65. The first-order valence-electron chi connectivity index (χ1n) is 4.59. The van der Waals surface area contributed by atoms with Crippen LogP contribution >= 0.6 is 0 Å². The summed E-state index contributed by atoms with van der Waals surface area (Å²) in [6, 6.07) is 0. The Morgan fingerprint density at radius 2 is 2.08 bits per heavy atom. The summed E-state index contributed by atoms with van der Waals surface area (Å²) in [4.78, 5) is 0. The summed E-state index contributed by atoms with van der Waals surface area (Å²) in [6.45, 7) is 2.14. The van der Waals surface area contributed by atoms with Gasteiger partial charge in [-0.25, -0.2) is 0 Å². The highest BCUT2D eigenvalue weighted by molar-refractivity contribution is 5.94. The topological polar surface area (TPSA) is 36.4 Å². The Kier molecular flexibility index (Phi) is 7.99. The van der Waals surface area contributed by atoms with Crippen LogP contribution in [0, 0.1) is 0 Å². The largest absolute Gasteiger partial charge is 0.394 e. The molecule has 0 aliphatic rings. The van der Waals surface area contributed by atoms with Crippen molar-refractivity contribution in [3.63, 3.8) is 0 Å². The molecule has 0 fully saturated rings. The van der Waals surface area contributed by atoms with Crippen molar-refractivity contribution in [1.82, 2.24) is 10.7 Å². The van der Waals surface area contributed by atoms with E-state index in [0.717, 1.165) is 18.6 Å². The summed E-state index contributed by atoms with van der Waals surface area (Å²) >= 11 is 0. The van der Waals surface area contributed by atoms with Gasteiger partial charge in [0.2, 0.25) is 0 Å². The van der Waals surface area contributed by atoms with Gasteiger partial charge in [-0.15, -0.1) is 0 Å². The molecule has 0 atom stereocenters. The zero-order valence-corrected chi connectivity index (χ0v) is 8.67. The van der Waals surface area contributed by atoms with Gasteiger partial charge in [-0.05, 0) is 24.8 Å². The highest BCUT2D eigenvalue weighted by Crippen LogP contribution is 1.93. The molecule has 0 bridgehead atoms. The molecule has 0 unspecified atom stereocenters. The number of allylic oxidation sites excluding steroid dienone is 3. The fraction of sp³-hybridized carbons (Fsp3) is 0.500. The lowest BCUT2D eigenvalue weighted by molar-refractivity contribution is 0.879. The maximum absolute atomic E-state index is 4.14. The van der Waals surface area contributed by atoms with E-state index in [1.54, 1.807) is 0 Å². The van der Waals surface area contributed by atoms with Crippen molar-refractivity contribution in [3.8, 4) is 0 Å². The lowest BCUT2D eigenvalue weighted by Gasteiger charge is -1.96. The quantitative estimate of drug-likeness (QED) is 0.371. The second-order valence-electron chi connectivity index (χ2n) is 2.58. The third kappa shape index (κ3) is 7.12. The highest BCUT2D eigenvalue weighted by Gasteiger charge is 1.89. The molecule has 74 valence electrons. The molecule has 0 aliphatic heterocycles. The number of hydrogen-bond donors (Lipinski definition) is 2. The summed E-state index contributed by atoms with van der Waals surface area (Å²) in [5, 5.41) is 7.06. The van der Waals surface area contributed by atoms with Gasteiger partial charge in [0.15, 0.2) is 0 Å². The molecule has 0 saturated carbocycles. The van der Waals surface area contributed by atoms with E-state index < -0.39 is 0 Å². The standard InChI is InChI=1S/C10H19N3/c1-4-7-10(13-12-3)8-5-6-9-11-2/h5-6,8-9,11-12H,4,7H2,1-3H3/b8-5-,9-6-,13-10+. The van der Waals surface area contributed by atoms with E-state index in [2.05, 4.69) is 22.8 Å². The molecule has 0 aromatic rings. The Morgan fingerprint density at radius 3 is 2.62 bits per heavy atom. The Labute approximate surface area is 80.6 Å². The predicted molar refractivity (Wildman–Crippen MR) is 58.7 cm³/mol. The van der Waals surface area contributed by atoms with Crippen molar-refractivity contribution in [2.75, 3.05) is 14.1 Å². The van der Waals surface area contributed by atoms with E-state index in [1.807, 2.05) is 38.5 Å². The van der Waals surface area contributed by atoms with Crippen molar-refractivity contribution in [1.29, 1.82) is 0 Å². The molecule has 0 amide bonds. The average Bonchev–Trinajstić information content (AvgIpc) is 2.13. The van der Waals surface area contributed by atoms with Crippen LogP contribution in [0.2, 0.25) is 0 Å². The van der Waals surface area contributed by atoms with Gasteiger partial charge >= 0.3 is 0 Å². The third-order valence-electron chi connectivity index (χ3n) is 1.42. The second-order valence-corrected chi connectivity index (χ2v) is 2.58. The first kappa shape index (κ1) is 11.8. The van der Waals surface area contributed by atoms with Crippen LogP contribution in [0.1, 0.15) is 19.8 Å². The number of rotatable bonds is 6. The minimum Gasteiger partial charge on any atom is -0.394 e. The minimum atomic E-state index is 1.00. The van der Waals surface area contributed by atoms with Crippen LogP contribution in [-0.4, -0.2) is 19.8 Å². The summed E-state index contributed by atoms with van der Waals surface area (Å²) in [6.07, 6.45) is 9.92. The first-order chi connectivity index (χ1) is 6.35. The molecule has 0 aromatic carbocycles. The zero-order valence-electron chi connectivity index (χ0n) is 8.67. The van der Waals surface area contributed by atoms with Gasteiger partial charge in [-0.2, -0.15) is 5.10 Å². The molecule has 0 spiro atoms. The molecule has 2 N–H and O–H groups in total. The molecule has 13 heavy (non-hydrogen) atoms. The monoisotopic (exact) mass is 181 g/mol. The highest BCUT2D eigenvalue weighted by atomic mass is 15.3. The van der Waals surface area contributed by atoms with Crippen LogP contribution in [0.25, 0.3) is 0 Å². The normalized spacial score (nSPS) is 12.7. The average molecular weight is 181 g/mol. The molecule has 0 rings (SSSR count).